The van der Waals surface area contributed by atoms with Crippen LogP contribution in [0.1, 0.15) is 51.9 Å². The first kappa shape index (κ1) is 23.1. The highest BCUT2D eigenvalue weighted by atomic mass is 32.2. The first-order valence-electron chi connectivity index (χ1n) is 11.1. The number of thioether (sulfide) groups is 1. The topological polar surface area (TPSA) is 98.2 Å². The molecule has 7 nitrogen and oxygen atoms in total. The lowest BCUT2D eigenvalue weighted by Gasteiger charge is -2.37. The van der Waals surface area contributed by atoms with Crippen molar-refractivity contribution in [3.05, 3.63) is 12.7 Å². The van der Waals surface area contributed by atoms with Crippen LogP contribution in [0.5, 0.6) is 0 Å². The number of likely N-dealkylation sites (tertiary alicyclic amines) is 1. The van der Waals surface area contributed by atoms with Crippen molar-refractivity contribution in [2.45, 2.75) is 67.9 Å². The van der Waals surface area contributed by atoms with Crippen LogP contribution in [0.15, 0.2) is 12.7 Å². The summed E-state index contributed by atoms with van der Waals surface area (Å²) in [5, 5.41) is 18.9. The Labute approximate surface area is 182 Å². The number of carbonyl (C=O) groups is 3. The zero-order chi connectivity index (χ0) is 21.9. The number of hydrogen-bond donors (Lipinski definition) is 2. The molecule has 3 aliphatic rings. The third-order valence-electron chi connectivity index (χ3n) is 6.82. The van der Waals surface area contributed by atoms with Gasteiger partial charge in [0, 0.05) is 31.5 Å². The van der Waals surface area contributed by atoms with Crippen LogP contribution < -0.4 is 0 Å². The number of carboxylic acids is 1. The molecule has 5 atom stereocenters. The van der Waals surface area contributed by atoms with Crippen LogP contribution in [0.4, 0.5) is 0 Å². The molecule has 0 aromatic carbocycles. The van der Waals surface area contributed by atoms with Gasteiger partial charge in [-0.25, -0.2) is 0 Å². The Morgan fingerprint density at radius 1 is 1.33 bits per heavy atom. The molecular formula is C22H34N2O5S. The maximum atomic E-state index is 13.8. The minimum atomic E-state index is -0.929. The van der Waals surface area contributed by atoms with Gasteiger partial charge in [-0.05, 0) is 32.1 Å². The van der Waals surface area contributed by atoms with Gasteiger partial charge < -0.3 is 20.0 Å². The van der Waals surface area contributed by atoms with Gasteiger partial charge in [0.05, 0.1) is 16.6 Å². The molecule has 3 fully saturated rings. The summed E-state index contributed by atoms with van der Waals surface area (Å²) in [7, 11) is 0. The lowest BCUT2D eigenvalue weighted by atomic mass is 9.71. The number of unbranched alkanes of at least 4 members (excludes halogenated alkanes) is 3. The van der Waals surface area contributed by atoms with Gasteiger partial charge in [-0.1, -0.05) is 25.8 Å². The van der Waals surface area contributed by atoms with E-state index >= 15 is 0 Å². The van der Waals surface area contributed by atoms with Gasteiger partial charge in [-0.3, -0.25) is 14.4 Å². The Morgan fingerprint density at radius 2 is 2.10 bits per heavy atom. The third-order valence-corrected chi connectivity index (χ3v) is 8.77. The number of fused-ring (bicyclic) bond motifs is 1. The quantitative estimate of drug-likeness (QED) is 0.358. The van der Waals surface area contributed by atoms with Crippen LogP contribution in [-0.4, -0.2) is 80.1 Å². The second-order valence-electron chi connectivity index (χ2n) is 8.64. The number of nitrogens with zero attached hydrogens (tertiary/aromatic N) is 2. The molecule has 1 spiro atoms. The summed E-state index contributed by atoms with van der Waals surface area (Å²) in [6, 6.07) is -0.630. The zero-order valence-electron chi connectivity index (χ0n) is 17.8. The molecular weight excluding hydrogens is 404 g/mol. The summed E-state index contributed by atoms with van der Waals surface area (Å²) in [4.78, 5) is 42.7. The van der Waals surface area contributed by atoms with E-state index in [9.17, 15) is 19.5 Å². The average molecular weight is 439 g/mol. The zero-order valence-corrected chi connectivity index (χ0v) is 18.6. The summed E-state index contributed by atoms with van der Waals surface area (Å²) in [6.45, 7) is 7.36. The van der Waals surface area contributed by atoms with Crippen molar-refractivity contribution in [1.82, 2.24) is 9.80 Å². The molecule has 2 amide bonds. The lowest BCUT2D eigenvalue weighted by Crippen LogP contribution is -2.55. The lowest BCUT2D eigenvalue weighted by molar-refractivity contribution is -0.148. The number of amides is 2. The standard InChI is InChI=1S/C22H34N2O5S/c1-3-5-6-12-23(11-4-2)20(27)18-22-10-9-15(30-22)16(21(28)29)17(22)19(26)24(18)13-7-8-14-25/h4,15-18,25H,2-3,5-14H2,1H3,(H,28,29)/t15-,16+,17+,18?,22?/m1/s1. The van der Waals surface area contributed by atoms with Crippen molar-refractivity contribution in [3.63, 3.8) is 0 Å². The fourth-order valence-corrected chi connectivity index (χ4v) is 7.73. The molecule has 3 rings (SSSR count). The Bertz CT molecular complexity index is 686. The highest BCUT2D eigenvalue weighted by Gasteiger charge is 2.73. The Kier molecular flexibility index (Phi) is 7.50. The summed E-state index contributed by atoms with van der Waals surface area (Å²) in [5.41, 5.74) is 0. The van der Waals surface area contributed by atoms with Gasteiger partial charge in [-0.2, -0.15) is 0 Å². The van der Waals surface area contributed by atoms with Gasteiger partial charge in [0.1, 0.15) is 6.04 Å². The molecule has 168 valence electrons. The van der Waals surface area contributed by atoms with Crippen LogP contribution in [0.2, 0.25) is 0 Å². The summed E-state index contributed by atoms with van der Waals surface area (Å²) in [6.07, 6.45) is 7.26. The smallest absolute Gasteiger partial charge is 0.308 e. The molecule has 0 aromatic rings. The number of aliphatic hydroxyl groups is 1. The van der Waals surface area contributed by atoms with E-state index in [0.29, 0.717) is 38.9 Å². The highest BCUT2D eigenvalue weighted by Crippen LogP contribution is 2.66. The monoisotopic (exact) mass is 438 g/mol. The number of rotatable bonds is 12. The van der Waals surface area contributed by atoms with Crippen molar-refractivity contribution in [2.24, 2.45) is 11.8 Å². The van der Waals surface area contributed by atoms with Gasteiger partial charge >= 0.3 is 5.97 Å². The molecule has 0 aromatic heterocycles. The molecule has 30 heavy (non-hydrogen) atoms. The number of aliphatic hydroxyl groups excluding tert-OH is 1. The summed E-state index contributed by atoms with van der Waals surface area (Å²) in [5.74, 6) is -2.56. The molecule has 3 saturated heterocycles. The first-order chi connectivity index (χ1) is 14.4. The molecule has 2 N–H and O–H groups in total. The Morgan fingerprint density at radius 3 is 2.73 bits per heavy atom. The molecule has 0 saturated carbocycles. The maximum Gasteiger partial charge on any atom is 0.308 e. The van der Waals surface area contributed by atoms with Gasteiger partial charge in [0.2, 0.25) is 11.8 Å². The highest BCUT2D eigenvalue weighted by molar-refractivity contribution is 8.02. The molecule has 3 heterocycles. The molecule has 2 bridgehead atoms. The molecule has 0 aliphatic carbocycles. The van der Waals surface area contributed by atoms with Gasteiger partial charge in [-0.15, -0.1) is 18.3 Å². The van der Waals surface area contributed by atoms with E-state index in [0.717, 1.165) is 25.7 Å². The Hall–Kier alpha value is -1.54. The molecule has 0 radical (unpaired) electrons. The second kappa shape index (κ2) is 9.73. The van der Waals surface area contributed by atoms with E-state index in [2.05, 4.69) is 13.5 Å². The molecule has 2 unspecified atom stereocenters. The fraction of sp³-hybridized carbons (Fsp3) is 0.773. The van der Waals surface area contributed by atoms with Crippen molar-refractivity contribution < 1.29 is 24.6 Å². The van der Waals surface area contributed by atoms with E-state index < -0.39 is 28.6 Å². The SMILES string of the molecule is C=CCN(CCCCC)C(=O)C1N(CCCCO)C(=O)[C@@H]2[C@@H](C(=O)O)[C@H]3CCC12S3. The number of aliphatic carboxylic acids is 1. The van der Waals surface area contributed by atoms with Crippen LogP contribution in [-0.2, 0) is 14.4 Å². The van der Waals surface area contributed by atoms with Crippen molar-refractivity contribution in [1.29, 1.82) is 0 Å². The van der Waals surface area contributed by atoms with E-state index in [-0.39, 0.29) is 23.7 Å². The van der Waals surface area contributed by atoms with Crippen LogP contribution >= 0.6 is 11.8 Å². The van der Waals surface area contributed by atoms with Gasteiger partial charge in [0.15, 0.2) is 0 Å². The number of hydrogen-bond acceptors (Lipinski definition) is 5. The second-order valence-corrected chi connectivity index (χ2v) is 10.2. The van der Waals surface area contributed by atoms with Crippen molar-refractivity contribution in [3.8, 4) is 0 Å². The van der Waals surface area contributed by atoms with E-state index in [1.165, 1.54) is 0 Å². The van der Waals surface area contributed by atoms with Crippen molar-refractivity contribution >= 4 is 29.5 Å². The predicted octanol–water partition coefficient (Wildman–Crippen LogP) is 2.14. The van der Waals surface area contributed by atoms with Crippen LogP contribution in [0.25, 0.3) is 0 Å². The normalized spacial score (nSPS) is 31.8. The predicted molar refractivity (Wildman–Crippen MR) is 116 cm³/mol. The van der Waals surface area contributed by atoms with Crippen LogP contribution in [0.3, 0.4) is 0 Å². The van der Waals surface area contributed by atoms with E-state index in [4.69, 9.17) is 5.11 Å². The average Bonchev–Trinajstić information content (AvgIpc) is 3.35. The minimum Gasteiger partial charge on any atom is -0.481 e. The molecule has 8 heteroatoms. The molecule has 3 aliphatic heterocycles. The van der Waals surface area contributed by atoms with E-state index in [1.54, 1.807) is 27.6 Å². The number of carbonyl (C=O) groups excluding carboxylic acids is 2. The third kappa shape index (κ3) is 3.88. The summed E-state index contributed by atoms with van der Waals surface area (Å²) >= 11 is 1.57. The first-order valence-corrected chi connectivity index (χ1v) is 12.0. The van der Waals surface area contributed by atoms with Crippen LogP contribution in [0, 0.1) is 11.8 Å². The number of carboxylic acid groups (broad SMARTS) is 1. The Balaban J connectivity index is 1.93. The maximum absolute atomic E-state index is 13.8. The largest absolute Gasteiger partial charge is 0.481 e. The van der Waals surface area contributed by atoms with E-state index in [1.807, 2.05) is 0 Å². The fourth-order valence-electron chi connectivity index (χ4n) is 5.52. The van der Waals surface area contributed by atoms with Gasteiger partial charge in [0.25, 0.3) is 0 Å². The van der Waals surface area contributed by atoms with Crippen molar-refractivity contribution in [2.75, 3.05) is 26.2 Å². The summed E-state index contributed by atoms with van der Waals surface area (Å²) < 4.78 is -0.648. The minimum absolute atomic E-state index is 0.0311.